The van der Waals surface area contributed by atoms with Crippen LogP contribution in [0.25, 0.3) is 0 Å². The van der Waals surface area contributed by atoms with Gasteiger partial charge in [0.25, 0.3) is 0 Å². The van der Waals surface area contributed by atoms with Crippen molar-refractivity contribution >= 4 is 23.7 Å². The van der Waals surface area contributed by atoms with Crippen molar-refractivity contribution in [3.05, 3.63) is 0 Å². The van der Waals surface area contributed by atoms with Gasteiger partial charge in [-0.3, -0.25) is 19.2 Å². The predicted molar refractivity (Wildman–Crippen MR) is 97.4 cm³/mol. The third-order valence-corrected chi connectivity index (χ3v) is 3.36. The Hall–Kier alpha value is -1.92. The Labute approximate surface area is 156 Å². The number of hydrogen-bond acceptors (Lipinski definition) is 7. The summed E-state index contributed by atoms with van der Waals surface area (Å²) in [6, 6.07) is 0. The summed E-state index contributed by atoms with van der Waals surface area (Å²) >= 11 is 0. The van der Waals surface area contributed by atoms with E-state index in [0.29, 0.717) is 32.7 Å². The lowest BCUT2D eigenvalue weighted by molar-refractivity contribution is -0.162. The smallest absolute Gasteiger partial charge is 0.320 e. The molecule has 0 fully saturated rings. The second-order valence-corrected chi connectivity index (χ2v) is 5.55. The Morgan fingerprint density at radius 3 is 1.19 bits per heavy atom. The molecular weight excluding hydrogens is 340 g/mol. The molecule has 0 aliphatic carbocycles. The molecule has 0 bridgehead atoms. The SMILES string of the molecule is CCCC(C(=O)OCC)C(=O)OCC.CCCC(C(C)=O)C(=O)OCC. The fourth-order valence-corrected chi connectivity index (χ4v) is 2.12. The average Bonchev–Trinajstić information content (AvgIpc) is 2.58. The third kappa shape index (κ3) is 11.6. The van der Waals surface area contributed by atoms with Crippen LogP contribution < -0.4 is 0 Å². The van der Waals surface area contributed by atoms with E-state index in [9.17, 15) is 19.2 Å². The first-order valence-electron chi connectivity index (χ1n) is 9.30. The molecule has 1 unspecified atom stereocenters. The van der Waals surface area contributed by atoms with E-state index in [0.717, 1.165) is 12.8 Å². The van der Waals surface area contributed by atoms with Gasteiger partial charge in [-0.25, -0.2) is 0 Å². The van der Waals surface area contributed by atoms with Crippen molar-refractivity contribution < 1.29 is 33.4 Å². The first kappa shape index (κ1) is 26.3. The fraction of sp³-hybridized carbons (Fsp3) is 0.789. The molecule has 1 atom stereocenters. The average molecular weight is 374 g/mol. The van der Waals surface area contributed by atoms with Crippen LogP contribution in [0.3, 0.4) is 0 Å². The number of Topliss-reactive ketones (excluding diaryl/α,β-unsaturated/α-hetero) is 1. The van der Waals surface area contributed by atoms with Crippen molar-refractivity contribution in [3.8, 4) is 0 Å². The third-order valence-electron chi connectivity index (χ3n) is 3.36. The van der Waals surface area contributed by atoms with Gasteiger partial charge in [0, 0.05) is 0 Å². The second-order valence-electron chi connectivity index (χ2n) is 5.55. The molecular formula is C19H34O7. The Bertz CT molecular complexity index is 414. The van der Waals surface area contributed by atoms with Gasteiger partial charge in [-0.1, -0.05) is 26.7 Å². The predicted octanol–water partition coefficient (Wildman–Crippen LogP) is 3.08. The van der Waals surface area contributed by atoms with Crippen LogP contribution >= 0.6 is 0 Å². The van der Waals surface area contributed by atoms with E-state index in [2.05, 4.69) is 0 Å². The number of esters is 3. The summed E-state index contributed by atoms with van der Waals surface area (Å²) in [6.45, 7) is 11.4. The van der Waals surface area contributed by atoms with Crippen molar-refractivity contribution in [2.24, 2.45) is 11.8 Å². The quantitative estimate of drug-likeness (QED) is 0.311. The van der Waals surface area contributed by atoms with E-state index in [1.54, 1.807) is 20.8 Å². The van der Waals surface area contributed by atoms with Crippen LogP contribution in [-0.4, -0.2) is 43.5 Å². The minimum atomic E-state index is -0.750. The lowest BCUT2D eigenvalue weighted by Crippen LogP contribution is -2.27. The molecule has 0 N–H and O–H groups in total. The van der Waals surface area contributed by atoms with E-state index in [-0.39, 0.29) is 11.8 Å². The van der Waals surface area contributed by atoms with E-state index in [1.807, 2.05) is 13.8 Å². The molecule has 0 aromatic rings. The minimum Gasteiger partial charge on any atom is -0.465 e. The lowest BCUT2D eigenvalue weighted by atomic mass is 10.00. The number of ether oxygens (including phenoxy) is 3. The molecule has 0 aliphatic heterocycles. The first-order valence-corrected chi connectivity index (χ1v) is 9.30. The maximum atomic E-state index is 11.3. The summed E-state index contributed by atoms with van der Waals surface area (Å²) in [5, 5.41) is 0. The van der Waals surface area contributed by atoms with Gasteiger partial charge < -0.3 is 14.2 Å². The van der Waals surface area contributed by atoms with Gasteiger partial charge in [0.1, 0.15) is 11.7 Å². The highest BCUT2D eigenvalue weighted by Crippen LogP contribution is 2.11. The number of ketones is 1. The zero-order valence-electron chi connectivity index (χ0n) is 17.0. The molecule has 0 heterocycles. The zero-order valence-corrected chi connectivity index (χ0v) is 17.0. The van der Waals surface area contributed by atoms with Crippen molar-refractivity contribution in [1.82, 2.24) is 0 Å². The molecule has 0 saturated heterocycles. The zero-order chi connectivity index (χ0) is 20.5. The molecule has 0 radical (unpaired) electrons. The van der Waals surface area contributed by atoms with E-state index < -0.39 is 23.8 Å². The summed E-state index contributed by atoms with van der Waals surface area (Å²) in [7, 11) is 0. The van der Waals surface area contributed by atoms with E-state index in [1.165, 1.54) is 6.92 Å². The first-order chi connectivity index (χ1) is 12.3. The highest BCUT2D eigenvalue weighted by atomic mass is 16.6. The summed E-state index contributed by atoms with van der Waals surface area (Å²) in [6.07, 6.45) is 2.65. The summed E-state index contributed by atoms with van der Waals surface area (Å²) in [5.41, 5.74) is 0. The van der Waals surface area contributed by atoms with Crippen LogP contribution in [0.1, 0.15) is 67.2 Å². The van der Waals surface area contributed by atoms with E-state index in [4.69, 9.17) is 14.2 Å². The van der Waals surface area contributed by atoms with Crippen LogP contribution in [0.5, 0.6) is 0 Å². The minimum absolute atomic E-state index is 0.102. The molecule has 0 aliphatic rings. The maximum absolute atomic E-state index is 11.3. The molecule has 0 aromatic heterocycles. The van der Waals surface area contributed by atoms with E-state index >= 15 is 0 Å². The summed E-state index contributed by atoms with van der Waals surface area (Å²) < 4.78 is 14.3. The van der Waals surface area contributed by atoms with Crippen molar-refractivity contribution in [1.29, 1.82) is 0 Å². The Morgan fingerprint density at radius 1 is 0.615 bits per heavy atom. The molecule has 7 heteroatoms. The maximum Gasteiger partial charge on any atom is 0.320 e. The van der Waals surface area contributed by atoms with Gasteiger partial charge in [0.05, 0.1) is 19.8 Å². The molecule has 0 amide bonds. The van der Waals surface area contributed by atoms with Crippen molar-refractivity contribution in [2.75, 3.05) is 19.8 Å². The lowest BCUT2D eigenvalue weighted by Gasteiger charge is -2.12. The molecule has 0 saturated carbocycles. The molecule has 0 aromatic carbocycles. The highest BCUT2D eigenvalue weighted by molar-refractivity contribution is 5.97. The monoisotopic (exact) mass is 374 g/mol. The molecule has 152 valence electrons. The van der Waals surface area contributed by atoms with Crippen LogP contribution in [0.4, 0.5) is 0 Å². The van der Waals surface area contributed by atoms with Crippen LogP contribution in [0.2, 0.25) is 0 Å². The van der Waals surface area contributed by atoms with Gasteiger partial charge >= 0.3 is 17.9 Å². The topological polar surface area (TPSA) is 96.0 Å². The van der Waals surface area contributed by atoms with Gasteiger partial charge in [-0.2, -0.15) is 0 Å². The second kappa shape index (κ2) is 16.5. The van der Waals surface area contributed by atoms with Crippen molar-refractivity contribution in [2.45, 2.75) is 67.2 Å². The number of carbonyl (C=O) groups excluding carboxylic acids is 4. The molecule has 0 spiro atoms. The molecule has 7 nitrogen and oxygen atoms in total. The largest absolute Gasteiger partial charge is 0.465 e. The standard InChI is InChI=1S/C10H18O4.C9H16O3/c1-4-7-8(9(11)13-5-2)10(12)14-6-3;1-4-6-8(7(3)10)9(11)12-5-2/h8H,4-7H2,1-3H3;8H,4-6H2,1-3H3. The van der Waals surface area contributed by atoms with Crippen LogP contribution in [0, 0.1) is 11.8 Å². The van der Waals surface area contributed by atoms with Crippen LogP contribution in [-0.2, 0) is 33.4 Å². The Morgan fingerprint density at radius 2 is 0.923 bits per heavy atom. The fourth-order valence-electron chi connectivity index (χ4n) is 2.12. The van der Waals surface area contributed by atoms with Crippen LogP contribution in [0.15, 0.2) is 0 Å². The Balaban J connectivity index is 0. The number of rotatable bonds is 11. The normalized spacial score (nSPS) is 11.0. The number of hydrogen-bond donors (Lipinski definition) is 0. The van der Waals surface area contributed by atoms with Crippen molar-refractivity contribution in [3.63, 3.8) is 0 Å². The van der Waals surface area contributed by atoms with Gasteiger partial charge in [0.15, 0.2) is 5.92 Å². The van der Waals surface area contributed by atoms with Gasteiger partial charge in [0.2, 0.25) is 0 Å². The summed E-state index contributed by atoms with van der Waals surface area (Å²) in [4.78, 5) is 44.7. The molecule has 26 heavy (non-hydrogen) atoms. The molecule has 0 rings (SSSR count). The Kier molecular flexibility index (Phi) is 16.7. The highest BCUT2D eigenvalue weighted by Gasteiger charge is 2.28. The number of carbonyl (C=O) groups is 4. The van der Waals surface area contributed by atoms with Gasteiger partial charge in [-0.05, 0) is 40.5 Å². The summed E-state index contributed by atoms with van der Waals surface area (Å²) in [5.74, 6) is -2.74. The van der Waals surface area contributed by atoms with Gasteiger partial charge in [-0.15, -0.1) is 0 Å².